The molecule has 0 saturated carbocycles. The Morgan fingerprint density at radius 2 is 1.82 bits per heavy atom. The molecule has 11 heteroatoms. The third-order valence-electron chi connectivity index (χ3n) is 9.20. The first-order chi connectivity index (χ1) is 21.2. The lowest BCUT2D eigenvalue weighted by molar-refractivity contribution is -0.125. The zero-order chi connectivity index (χ0) is 31.6. The van der Waals surface area contributed by atoms with Gasteiger partial charge in [0.15, 0.2) is 0 Å². The van der Waals surface area contributed by atoms with Crippen molar-refractivity contribution < 1.29 is 13.8 Å². The van der Waals surface area contributed by atoms with Gasteiger partial charge in [-0.2, -0.15) is 0 Å². The highest BCUT2D eigenvalue weighted by atomic mass is 32.2. The van der Waals surface area contributed by atoms with Gasteiger partial charge in [-0.3, -0.25) is 20.3 Å². The van der Waals surface area contributed by atoms with Gasteiger partial charge < -0.3 is 20.4 Å². The van der Waals surface area contributed by atoms with Crippen LogP contribution in [-0.2, 0) is 27.0 Å². The molecule has 2 aliphatic heterocycles. The number of piperidine rings is 2. The van der Waals surface area contributed by atoms with Crippen molar-refractivity contribution in [2.75, 3.05) is 59.2 Å². The molecule has 2 unspecified atom stereocenters. The van der Waals surface area contributed by atoms with E-state index in [1.54, 1.807) is 11.9 Å². The molecule has 0 spiro atoms. The minimum atomic E-state index is -1.11. The summed E-state index contributed by atoms with van der Waals surface area (Å²) in [6.45, 7) is 6.40. The molecule has 2 aliphatic rings. The number of carbonyl (C=O) groups excluding carboxylic acids is 2. The Hall–Kier alpha value is -3.12. The van der Waals surface area contributed by atoms with Crippen molar-refractivity contribution in [3.63, 3.8) is 0 Å². The molecule has 2 aromatic rings. The van der Waals surface area contributed by atoms with Gasteiger partial charge in [-0.1, -0.05) is 18.2 Å². The van der Waals surface area contributed by atoms with E-state index in [9.17, 15) is 13.8 Å². The zero-order valence-electron chi connectivity index (χ0n) is 26.6. The highest BCUT2D eigenvalue weighted by Gasteiger charge is 2.26. The maximum atomic E-state index is 13.3. The Labute approximate surface area is 265 Å². The van der Waals surface area contributed by atoms with Crippen LogP contribution in [0, 0.1) is 5.41 Å². The molecule has 0 aromatic heterocycles. The molecule has 4 rings (SSSR count). The average molecular weight is 624 g/mol. The second kappa shape index (κ2) is 16.3. The smallest absolute Gasteiger partial charge is 0.228 e. The Kier molecular flexibility index (Phi) is 12.5. The molecule has 2 fully saturated rings. The van der Waals surface area contributed by atoms with E-state index in [0.29, 0.717) is 36.8 Å². The SMILES string of the molecule is CNc1cc(C2CCN(C(C)Cc3cccc(S(=O)N4CCC(NC)CC4)c3)CC2)ccc1C(=N)N(C)CCC(=O)NC=O. The molecule has 2 saturated heterocycles. The van der Waals surface area contributed by atoms with Crippen LogP contribution in [-0.4, -0.2) is 102 Å². The average Bonchev–Trinajstić information content (AvgIpc) is 3.06. The monoisotopic (exact) mass is 623 g/mol. The van der Waals surface area contributed by atoms with Gasteiger partial charge in [0.05, 0.1) is 4.90 Å². The molecular formula is C33H49N7O3S. The number of carbonyl (C=O) groups is 2. The van der Waals surface area contributed by atoms with Crippen molar-refractivity contribution in [3.05, 3.63) is 59.2 Å². The van der Waals surface area contributed by atoms with Crippen LogP contribution in [0.3, 0.4) is 0 Å². The zero-order valence-corrected chi connectivity index (χ0v) is 27.4. The van der Waals surface area contributed by atoms with Gasteiger partial charge in [-0.25, -0.2) is 8.51 Å². The Bertz CT molecular complexity index is 1310. The van der Waals surface area contributed by atoms with E-state index < -0.39 is 11.0 Å². The standard InChI is InChI=1S/C33H49N7O3S/c1-24(20-25-6-5-7-29(21-25)44(43)40-18-12-28(35-2)13-19-40)39-16-10-26(11-17-39)27-8-9-30(31(22-27)36-3)33(34)38(4)15-14-32(42)37-23-41/h5-9,21-24,26,28,34-36H,10-20H2,1-4H3,(H,37,41,42). The molecule has 44 heavy (non-hydrogen) atoms. The maximum absolute atomic E-state index is 13.3. The fourth-order valence-corrected chi connectivity index (χ4v) is 7.63. The number of imide groups is 1. The first-order valence-electron chi connectivity index (χ1n) is 15.8. The summed E-state index contributed by atoms with van der Waals surface area (Å²) < 4.78 is 15.4. The number of amides is 2. The summed E-state index contributed by atoms with van der Waals surface area (Å²) in [6, 6.07) is 15.6. The van der Waals surface area contributed by atoms with Crippen LogP contribution in [0.1, 0.15) is 61.6 Å². The Balaban J connectivity index is 1.30. The summed E-state index contributed by atoms with van der Waals surface area (Å²) in [5.41, 5.74) is 4.20. The van der Waals surface area contributed by atoms with Crippen molar-refractivity contribution in [1.29, 1.82) is 5.41 Å². The predicted molar refractivity (Wildman–Crippen MR) is 177 cm³/mol. The van der Waals surface area contributed by atoms with Crippen molar-refractivity contribution in [2.24, 2.45) is 0 Å². The minimum absolute atomic E-state index is 0.142. The van der Waals surface area contributed by atoms with Crippen LogP contribution in [0.4, 0.5) is 5.69 Å². The van der Waals surface area contributed by atoms with E-state index in [2.05, 4.69) is 56.3 Å². The number of hydrogen-bond donors (Lipinski definition) is 4. The van der Waals surface area contributed by atoms with Crippen molar-refractivity contribution in [3.8, 4) is 0 Å². The summed E-state index contributed by atoms with van der Waals surface area (Å²) in [7, 11) is 4.54. The summed E-state index contributed by atoms with van der Waals surface area (Å²) >= 11 is 0. The van der Waals surface area contributed by atoms with E-state index >= 15 is 0 Å². The van der Waals surface area contributed by atoms with Gasteiger partial charge in [-0.15, -0.1) is 0 Å². The number of rotatable bonds is 13. The molecule has 4 N–H and O–H groups in total. The van der Waals surface area contributed by atoms with Crippen molar-refractivity contribution in [2.45, 2.75) is 68.3 Å². The lowest BCUT2D eigenvalue weighted by Crippen LogP contribution is -2.41. The van der Waals surface area contributed by atoms with Crippen molar-refractivity contribution >= 4 is 34.8 Å². The van der Waals surface area contributed by atoms with Crippen LogP contribution in [0.2, 0.25) is 0 Å². The van der Waals surface area contributed by atoms with Crippen molar-refractivity contribution in [1.82, 2.24) is 24.7 Å². The second-order valence-corrected chi connectivity index (χ2v) is 13.5. The number of anilines is 1. The van der Waals surface area contributed by atoms with E-state index in [0.717, 1.165) is 74.4 Å². The lowest BCUT2D eigenvalue weighted by Gasteiger charge is -2.36. The van der Waals surface area contributed by atoms with Gasteiger partial charge in [-0.05, 0) is 100 Å². The molecule has 2 heterocycles. The number of amidine groups is 1. The predicted octanol–water partition coefficient (Wildman–Crippen LogP) is 3.17. The minimum Gasteiger partial charge on any atom is -0.388 e. The Morgan fingerprint density at radius 1 is 1.09 bits per heavy atom. The summed E-state index contributed by atoms with van der Waals surface area (Å²) in [6.07, 6.45) is 5.66. The van der Waals surface area contributed by atoms with E-state index in [1.165, 1.54) is 11.1 Å². The van der Waals surface area contributed by atoms with Gasteiger partial charge >= 0.3 is 0 Å². The summed E-state index contributed by atoms with van der Waals surface area (Å²) in [4.78, 5) is 27.3. The quantitative estimate of drug-likeness (QED) is 0.154. The number of benzene rings is 2. The highest BCUT2D eigenvalue weighted by molar-refractivity contribution is 7.82. The molecule has 10 nitrogen and oxygen atoms in total. The number of nitrogens with one attached hydrogen (secondary N) is 4. The first-order valence-corrected chi connectivity index (χ1v) is 16.9. The Morgan fingerprint density at radius 3 is 2.48 bits per heavy atom. The molecule has 2 amide bonds. The molecule has 0 aliphatic carbocycles. The third-order valence-corrected chi connectivity index (χ3v) is 10.7. The van der Waals surface area contributed by atoms with Gasteiger partial charge in [0.2, 0.25) is 12.3 Å². The van der Waals surface area contributed by atoms with Crippen LogP contribution in [0.15, 0.2) is 47.4 Å². The normalized spacial score (nSPS) is 18.4. The molecule has 240 valence electrons. The van der Waals surface area contributed by atoms with Crippen LogP contribution in [0.5, 0.6) is 0 Å². The first kappa shape index (κ1) is 33.8. The number of hydrogen-bond acceptors (Lipinski definition) is 7. The van der Waals surface area contributed by atoms with Crippen LogP contribution >= 0.6 is 0 Å². The van der Waals surface area contributed by atoms with Crippen LogP contribution < -0.4 is 16.0 Å². The lowest BCUT2D eigenvalue weighted by atomic mass is 9.87. The number of likely N-dealkylation sites (tertiary alicyclic amines) is 1. The topological polar surface area (TPSA) is 121 Å². The largest absolute Gasteiger partial charge is 0.388 e. The molecule has 0 radical (unpaired) electrons. The van der Waals surface area contributed by atoms with Gasteiger partial charge in [0, 0.05) is 63.5 Å². The molecule has 0 bridgehead atoms. The number of nitrogens with zero attached hydrogens (tertiary/aromatic N) is 3. The summed E-state index contributed by atoms with van der Waals surface area (Å²) in [5.74, 6) is 0.427. The second-order valence-electron chi connectivity index (χ2n) is 12.0. The summed E-state index contributed by atoms with van der Waals surface area (Å²) in [5, 5.41) is 17.4. The van der Waals surface area contributed by atoms with E-state index in [4.69, 9.17) is 5.41 Å². The molecule has 2 atom stereocenters. The van der Waals surface area contributed by atoms with E-state index in [1.807, 2.05) is 32.3 Å². The maximum Gasteiger partial charge on any atom is 0.228 e. The van der Waals surface area contributed by atoms with E-state index in [-0.39, 0.29) is 12.3 Å². The van der Waals surface area contributed by atoms with Crippen LogP contribution in [0.25, 0.3) is 0 Å². The molecular weight excluding hydrogens is 574 g/mol. The van der Waals surface area contributed by atoms with Gasteiger partial charge in [0.25, 0.3) is 0 Å². The molecule has 2 aromatic carbocycles. The fraction of sp³-hybridized carbons (Fsp3) is 0.545. The third kappa shape index (κ3) is 8.74. The highest BCUT2D eigenvalue weighted by Crippen LogP contribution is 2.32. The fourth-order valence-electron chi connectivity index (χ4n) is 6.34. The van der Waals surface area contributed by atoms with Gasteiger partial charge in [0.1, 0.15) is 16.8 Å².